The number of likely N-dealkylation sites (tertiary alicyclic amines) is 1. The van der Waals surface area contributed by atoms with E-state index in [0.717, 1.165) is 11.1 Å². The minimum atomic E-state index is -0.701. The van der Waals surface area contributed by atoms with Crippen molar-refractivity contribution in [2.75, 3.05) is 13.7 Å². The molecule has 164 valence electrons. The van der Waals surface area contributed by atoms with Gasteiger partial charge in [0, 0.05) is 11.6 Å². The quantitative estimate of drug-likeness (QED) is 0.379. The molecule has 1 saturated heterocycles. The Labute approximate surface area is 190 Å². The lowest BCUT2D eigenvalue weighted by Gasteiger charge is -2.47. The molecule has 2 atom stereocenters. The average Bonchev–Trinajstić information content (AvgIpc) is 2.82. The number of carbonyl (C=O) groups excluding carboxylic acids is 2. The van der Waals surface area contributed by atoms with E-state index in [1.54, 1.807) is 65.6 Å². The molecule has 5 nitrogen and oxygen atoms in total. The van der Waals surface area contributed by atoms with Gasteiger partial charge in [-0.15, -0.1) is 0 Å². The van der Waals surface area contributed by atoms with Gasteiger partial charge in [-0.25, -0.2) is 9.18 Å². The first-order chi connectivity index (χ1) is 15.5. The van der Waals surface area contributed by atoms with Gasteiger partial charge >= 0.3 is 5.97 Å². The van der Waals surface area contributed by atoms with Gasteiger partial charge < -0.3 is 14.4 Å². The highest BCUT2D eigenvalue weighted by atomic mass is 35.5. The van der Waals surface area contributed by atoms with Crippen LogP contribution in [0.15, 0.2) is 72.8 Å². The Morgan fingerprint density at radius 2 is 1.66 bits per heavy atom. The van der Waals surface area contributed by atoms with E-state index in [1.807, 2.05) is 0 Å². The topological polar surface area (TPSA) is 55.8 Å². The van der Waals surface area contributed by atoms with Crippen LogP contribution in [0.25, 0.3) is 0 Å². The Bertz CT molecular complexity index is 1100. The second-order valence-corrected chi connectivity index (χ2v) is 7.90. The van der Waals surface area contributed by atoms with Gasteiger partial charge in [0.25, 0.3) is 5.91 Å². The molecule has 0 bridgehead atoms. The molecule has 1 fully saturated rings. The molecule has 0 spiro atoms. The van der Waals surface area contributed by atoms with Crippen LogP contribution in [0.4, 0.5) is 4.39 Å². The fourth-order valence-corrected chi connectivity index (χ4v) is 3.86. The first kappa shape index (κ1) is 21.8. The van der Waals surface area contributed by atoms with Crippen LogP contribution in [-0.4, -0.2) is 36.5 Å². The first-order valence-corrected chi connectivity index (χ1v) is 10.5. The van der Waals surface area contributed by atoms with Gasteiger partial charge in [-0.2, -0.15) is 0 Å². The number of amides is 1. The molecule has 7 heteroatoms. The van der Waals surface area contributed by atoms with Crippen molar-refractivity contribution in [2.24, 2.45) is 0 Å². The van der Waals surface area contributed by atoms with Crippen molar-refractivity contribution in [2.45, 2.75) is 18.6 Å². The summed E-state index contributed by atoms with van der Waals surface area (Å²) in [4.78, 5) is 26.4. The van der Waals surface area contributed by atoms with Crippen molar-refractivity contribution in [1.29, 1.82) is 0 Å². The van der Waals surface area contributed by atoms with Crippen LogP contribution < -0.4 is 4.74 Å². The number of hydrogen-bond donors (Lipinski definition) is 0. The largest absolute Gasteiger partial charge is 0.478 e. The molecule has 4 rings (SSSR count). The Morgan fingerprint density at radius 3 is 2.28 bits per heavy atom. The van der Waals surface area contributed by atoms with E-state index >= 15 is 0 Å². The molecular weight excluding hydrogens is 433 g/mol. The maximum Gasteiger partial charge on any atom is 0.337 e. The minimum Gasteiger partial charge on any atom is -0.478 e. The number of ether oxygens (including phenoxy) is 2. The minimum absolute atomic E-state index is 0.135. The van der Waals surface area contributed by atoms with Crippen LogP contribution in [0.1, 0.15) is 27.5 Å². The summed E-state index contributed by atoms with van der Waals surface area (Å²) in [6.45, 7) is 0.453. The molecule has 1 aliphatic rings. The number of halogens is 2. The summed E-state index contributed by atoms with van der Waals surface area (Å²) in [5, 5.41) is 0.577. The highest BCUT2D eigenvalue weighted by molar-refractivity contribution is 6.30. The summed E-state index contributed by atoms with van der Waals surface area (Å²) in [6, 6.07) is 19.7. The highest BCUT2D eigenvalue weighted by Crippen LogP contribution is 2.38. The van der Waals surface area contributed by atoms with Crippen molar-refractivity contribution in [3.8, 4) is 5.75 Å². The molecule has 0 aromatic heterocycles. The zero-order chi connectivity index (χ0) is 22.7. The number of β-lactam (4-membered cyclic amide) rings is 1. The standard InChI is InChI=1S/C25H21ClFNO4/c1-31-25(30)18-6-4-17(5-7-18)22-23(32-21-12-8-19(26)9-13-21)24(29)28(22)15-14-16-2-10-20(27)11-3-16/h2-13,22-23H,14-15H2,1H3/t22-,23+/m1/s1. The maximum absolute atomic E-state index is 13.2. The van der Waals surface area contributed by atoms with Crippen molar-refractivity contribution >= 4 is 23.5 Å². The lowest BCUT2D eigenvalue weighted by molar-refractivity contribution is -0.164. The molecule has 32 heavy (non-hydrogen) atoms. The summed E-state index contributed by atoms with van der Waals surface area (Å²) < 4.78 is 23.9. The molecule has 3 aromatic rings. The molecule has 0 radical (unpaired) electrons. The van der Waals surface area contributed by atoms with E-state index in [1.165, 1.54) is 19.2 Å². The lowest BCUT2D eigenvalue weighted by atomic mass is 9.89. The molecule has 0 aliphatic carbocycles. The molecular formula is C25H21ClFNO4. The van der Waals surface area contributed by atoms with Gasteiger partial charge in [-0.05, 0) is 66.1 Å². The number of esters is 1. The van der Waals surface area contributed by atoms with Gasteiger partial charge in [-0.1, -0.05) is 35.9 Å². The SMILES string of the molecule is COC(=O)c1ccc([C@@H]2[C@H](Oc3ccc(Cl)cc3)C(=O)N2CCc2ccc(F)cc2)cc1. The zero-order valence-electron chi connectivity index (χ0n) is 17.3. The van der Waals surface area contributed by atoms with Crippen molar-refractivity contribution in [3.63, 3.8) is 0 Å². The van der Waals surface area contributed by atoms with Gasteiger partial charge in [0.2, 0.25) is 6.10 Å². The average molecular weight is 454 g/mol. The number of rotatable bonds is 7. The molecule has 1 aliphatic heterocycles. The zero-order valence-corrected chi connectivity index (χ0v) is 18.1. The fraction of sp³-hybridized carbons (Fsp3) is 0.200. The van der Waals surface area contributed by atoms with Crippen LogP contribution in [0, 0.1) is 5.82 Å². The van der Waals surface area contributed by atoms with E-state index in [9.17, 15) is 14.0 Å². The molecule has 1 amide bonds. The summed E-state index contributed by atoms with van der Waals surface area (Å²) in [6.07, 6.45) is -0.121. The van der Waals surface area contributed by atoms with Gasteiger partial charge in [-0.3, -0.25) is 4.79 Å². The van der Waals surface area contributed by atoms with Crippen LogP contribution >= 0.6 is 11.6 Å². The second kappa shape index (κ2) is 9.40. The lowest BCUT2D eigenvalue weighted by Crippen LogP contribution is -2.61. The summed E-state index contributed by atoms with van der Waals surface area (Å²) in [7, 11) is 1.33. The smallest absolute Gasteiger partial charge is 0.337 e. The number of benzene rings is 3. The van der Waals surface area contributed by atoms with Gasteiger partial charge in [0.1, 0.15) is 17.6 Å². The Balaban J connectivity index is 1.55. The second-order valence-electron chi connectivity index (χ2n) is 7.46. The van der Waals surface area contributed by atoms with E-state index in [4.69, 9.17) is 21.1 Å². The molecule has 0 unspecified atom stereocenters. The first-order valence-electron chi connectivity index (χ1n) is 10.1. The third-order valence-corrected chi connectivity index (χ3v) is 5.71. The fourth-order valence-electron chi connectivity index (χ4n) is 3.73. The van der Waals surface area contributed by atoms with Crippen LogP contribution in [0.3, 0.4) is 0 Å². The summed E-state index contributed by atoms with van der Waals surface area (Å²) >= 11 is 5.94. The van der Waals surface area contributed by atoms with Crippen LogP contribution in [0.5, 0.6) is 5.75 Å². The molecule has 3 aromatic carbocycles. The van der Waals surface area contributed by atoms with Crippen molar-refractivity contribution < 1.29 is 23.5 Å². The van der Waals surface area contributed by atoms with E-state index in [-0.39, 0.29) is 17.8 Å². The van der Waals surface area contributed by atoms with Crippen molar-refractivity contribution in [1.82, 2.24) is 4.90 Å². The number of nitrogens with zero attached hydrogens (tertiary/aromatic N) is 1. The number of methoxy groups -OCH3 is 1. The third kappa shape index (κ3) is 4.60. The van der Waals surface area contributed by atoms with E-state index < -0.39 is 12.1 Å². The molecule has 0 N–H and O–H groups in total. The predicted molar refractivity (Wildman–Crippen MR) is 118 cm³/mol. The molecule has 0 saturated carbocycles. The van der Waals surface area contributed by atoms with E-state index in [0.29, 0.717) is 29.3 Å². The number of hydrogen-bond acceptors (Lipinski definition) is 4. The number of carbonyl (C=O) groups is 2. The highest BCUT2D eigenvalue weighted by Gasteiger charge is 2.49. The van der Waals surface area contributed by atoms with Gasteiger partial charge in [0.05, 0.1) is 12.7 Å². The monoisotopic (exact) mass is 453 g/mol. The third-order valence-electron chi connectivity index (χ3n) is 5.45. The van der Waals surface area contributed by atoms with Gasteiger partial charge in [0.15, 0.2) is 0 Å². The normalized spacial score (nSPS) is 17.6. The molecule has 1 heterocycles. The van der Waals surface area contributed by atoms with Crippen molar-refractivity contribution in [3.05, 3.63) is 100 Å². The van der Waals surface area contributed by atoms with Crippen LogP contribution in [-0.2, 0) is 16.0 Å². The maximum atomic E-state index is 13.2. The Morgan fingerprint density at radius 1 is 1.00 bits per heavy atom. The van der Waals surface area contributed by atoms with Crippen LogP contribution in [0.2, 0.25) is 5.02 Å². The summed E-state index contributed by atoms with van der Waals surface area (Å²) in [5.41, 5.74) is 2.20. The predicted octanol–water partition coefficient (Wildman–Crippen LogP) is 4.84. The Kier molecular flexibility index (Phi) is 6.42. The Hall–Kier alpha value is -3.38. The summed E-state index contributed by atoms with van der Waals surface area (Å²) in [5.74, 6) is -0.316. The van der Waals surface area contributed by atoms with E-state index in [2.05, 4.69) is 0 Å².